The molecular formula is C13H21ClN4O2. The zero-order chi connectivity index (χ0) is 14.5. The van der Waals surface area contributed by atoms with Crippen molar-refractivity contribution < 1.29 is 9.53 Å². The number of esters is 1. The molecule has 1 aromatic rings. The van der Waals surface area contributed by atoms with Crippen LogP contribution in [-0.4, -0.2) is 65.2 Å². The summed E-state index contributed by atoms with van der Waals surface area (Å²) in [6, 6.07) is 0. The second-order valence-corrected chi connectivity index (χ2v) is 5.39. The Hall–Kier alpha value is -1.11. The first-order valence-electron chi connectivity index (χ1n) is 6.77. The SMILES string of the molecule is COC(=O)CCN1CCN(Cc2ncc(Cl)n2C)CC1. The van der Waals surface area contributed by atoms with Crippen molar-refractivity contribution in [2.24, 2.45) is 7.05 Å². The number of imidazole rings is 1. The summed E-state index contributed by atoms with van der Waals surface area (Å²) in [6.45, 7) is 5.48. The molecule has 2 rings (SSSR count). The second kappa shape index (κ2) is 7.06. The van der Waals surface area contributed by atoms with Crippen molar-refractivity contribution in [3.05, 3.63) is 17.2 Å². The summed E-state index contributed by atoms with van der Waals surface area (Å²) >= 11 is 5.98. The van der Waals surface area contributed by atoms with Crippen LogP contribution in [0.15, 0.2) is 6.20 Å². The first-order chi connectivity index (χ1) is 9.60. The number of piperazine rings is 1. The van der Waals surface area contributed by atoms with Crippen molar-refractivity contribution in [1.29, 1.82) is 0 Å². The molecule has 2 heterocycles. The van der Waals surface area contributed by atoms with Crippen molar-refractivity contribution in [2.75, 3.05) is 39.8 Å². The lowest BCUT2D eigenvalue weighted by molar-refractivity contribution is -0.141. The van der Waals surface area contributed by atoms with E-state index in [-0.39, 0.29) is 5.97 Å². The number of aromatic nitrogens is 2. The Bertz CT molecular complexity index is 455. The highest BCUT2D eigenvalue weighted by Gasteiger charge is 2.19. The molecule has 1 aliphatic rings. The quantitative estimate of drug-likeness (QED) is 0.751. The van der Waals surface area contributed by atoms with Crippen molar-refractivity contribution in [3.63, 3.8) is 0 Å². The normalized spacial score (nSPS) is 17.4. The summed E-state index contributed by atoms with van der Waals surface area (Å²) in [7, 11) is 3.36. The highest BCUT2D eigenvalue weighted by molar-refractivity contribution is 6.29. The van der Waals surface area contributed by atoms with Gasteiger partial charge in [-0.05, 0) is 0 Å². The average Bonchev–Trinajstić information content (AvgIpc) is 2.78. The highest BCUT2D eigenvalue weighted by atomic mass is 35.5. The molecule has 0 saturated carbocycles. The molecule has 0 bridgehead atoms. The van der Waals surface area contributed by atoms with E-state index in [0.29, 0.717) is 11.6 Å². The zero-order valence-corrected chi connectivity index (χ0v) is 12.8. The van der Waals surface area contributed by atoms with Crippen molar-refractivity contribution in [3.8, 4) is 0 Å². The lowest BCUT2D eigenvalue weighted by atomic mass is 10.3. The molecule has 0 unspecified atom stereocenters. The molecule has 1 aliphatic heterocycles. The van der Waals surface area contributed by atoms with Crippen molar-refractivity contribution in [1.82, 2.24) is 19.4 Å². The predicted molar refractivity (Wildman–Crippen MR) is 76.6 cm³/mol. The third-order valence-electron chi connectivity index (χ3n) is 3.72. The maximum atomic E-state index is 11.1. The van der Waals surface area contributed by atoms with E-state index >= 15 is 0 Å². The van der Waals surface area contributed by atoms with Crippen LogP contribution in [0.4, 0.5) is 0 Å². The topological polar surface area (TPSA) is 50.6 Å². The Labute approximate surface area is 124 Å². The lowest BCUT2D eigenvalue weighted by Crippen LogP contribution is -2.46. The van der Waals surface area contributed by atoms with Gasteiger partial charge < -0.3 is 14.2 Å². The van der Waals surface area contributed by atoms with E-state index in [1.165, 1.54) is 7.11 Å². The van der Waals surface area contributed by atoms with Gasteiger partial charge in [-0.15, -0.1) is 0 Å². The van der Waals surface area contributed by atoms with Gasteiger partial charge in [0.05, 0.1) is 26.3 Å². The summed E-state index contributed by atoms with van der Waals surface area (Å²) in [6.07, 6.45) is 2.15. The molecule has 20 heavy (non-hydrogen) atoms. The van der Waals surface area contributed by atoms with Crippen molar-refractivity contribution >= 4 is 17.6 Å². The van der Waals surface area contributed by atoms with Gasteiger partial charge in [0.25, 0.3) is 0 Å². The Kier molecular flexibility index (Phi) is 5.39. The van der Waals surface area contributed by atoms with Gasteiger partial charge in [-0.3, -0.25) is 9.69 Å². The van der Waals surface area contributed by atoms with Crippen LogP contribution in [0.1, 0.15) is 12.2 Å². The summed E-state index contributed by atoms with van der Waals surface area (Å²) < 4.78 is 6.57. The monoisotopic (exact) mass is 300 g/mol. The zero-order valence-electron chi connectivity index (χ0n) is 12.0. The van der Waals surface area contributed by atoms with Gasteiger partial charge in [-0.1, -0.05) is 11.6 Å². The molecule has 1 aromatic heterocycles. The van der Waals surface area contributed by atoms with Gasteiger partial charge in [0, 0.05) is 39.8 Å². The molecule has 1 saturated heterocycles. The molecule has 0 spiro atoms. The minimum Gasteiger partial charge on any atom is -0.469 e. The summed E-state index contributed by atoms with van der Waals surface area (Å²) in [5, 5.41) is 0.664. The summed E-state index contributed by atoms with van der Waals surface area (Å²) in [4.78, 5) is 20.1. The third kappa shape index (κ3) is 3.94. The molecule has 6 nitrogen and oxygen atoms in total. The van der Waals surface area contributed by atoms with Crippen LogP contribution in [0.2, 0.25) is 5.15 Å². The van der Waals surface area contributed by atoms with Gasteiger partial charge in [0.1, 0.15) is 11.0 Å². The van der Waals surface area contributed by atoms with Crippen LogP contribution < -0.4 is 0 Å². The Morgan fingerprint density at radius 2 is 2.00 bits per heavy atom. The molecule has 1 fully saturated rings. The molecule has 112 valence electrons. The predicted octanol–water partition coefficient (Wildman–Crippen LogP) is 0.754. The highest BCUT2D eigenvalue weighted by Crippen LogP contribution is 2.12. The number of hydrogen-bond donors (Lipinski definition) is 0. The molecule has 0 radical (unpaired) electrons. The molecule has 0 aliphatic carbocycles. The molecular weight excluding hydrogens is 280 g/mol. The fourth-order valence-electron chi connectivity index (χ4n) is 2.29. The van der Waals surface area contributed by atoms with Crippen LogP contribution in [0.3, 0.4) is 0 Å². The van der Waals surface area contributed by atoms with Gasteiger partial charge in [0.2, 0.25) is 0 Å². The number of carbonyl (C=O) groups excluding carboxylic acids is 1. The lowest BCUT2D eigenvalue weighted by Gasteiger charge is -2.34. The number of halogens is 1. The number of rotatable bonds is 5. The Morgan fingerprint density at radius 3 is 2.55 bits per heavy atom. The van der Waals surface area contributed by atoms with Crippen LogP contribution in [0.25, 0.3) is 0 Å². The van der Waals surface area contributed by atoms with Crippen LogP contribution in [-0.2, 0) is 23.1 Å². The van der Waals surface area contributed by atoms with Gasteiger partial charge in [0.15, 0.2) is 0 Å². The molecule has 0 aromatic carbocycles. The minimum atomic E-state index is -0.143. The van der Waals surface area contributed by atoms with Crippen LogP contribution in [0.5, 0.6) is 0 Å². The van der Waals surface area contributed by atoms with E-state index in [2.05, 4.69) is 19.5 Å². The van der Waals surface area contributed by atoms with Crippen molar-refractivity contribution in [2.45, 2.75) is 13.0 Å². The van der Waals surface area contributed by atoms with E-state index in [1.54, 1.807) is 6.20 Å². The van der Waals surface area contributed by atoms with Gasteiger partial charge >= 0.3 is 5.97 Å². The summed E-state index contributed by atoms with van der Waals surface area (Å²) in [5.41, 5.74) is 0. The number of carbonyl (C=O) groups is 1. The Morgan fingerprint density at radius 1 is 1.35 bits per heavy atom. The van der Waals surface area contributed by atoms with E-state index in [0.717, 1.165) is 45.1 Å². The smallest absolute Gasteiger partial charge is 0.306 e. The van der Waals surface area contributed by atoms with Gasteiger partial charge in [-0.25, -0.2) is 4.98 Å². The molecule has 0 N–H and O–H groups in total. The third-order valence-corrected chi connectivity index (χ3v) is 4.07. The van der Waals surface area contributed by atoms with E-state index in [1.807, 2.05) is 11.6 Å². The fraction of sp³-hybridized carbons (Fsp3) is 0.692. The maximum absolute atomic E-state index is 11.1. The summed E-state index contributed by atoms with van der Waals surface area (Å²) in [5.74, 6) is 0.841. The first kappa shape index (κ1) is 15.3. The molecule has 0 amide bonds. The van der Waals surface area contributed by atoms with Gasteiger partial charge in [-0.2, -0.15) is 0 Å². The van der Waals surface area contributed by atoms with E-state index in [4.69, 9.17) is 11.6 Å². The van der Waals surface area contributed by atoms with E-state index < -0.39 is 0 Å². The van der Waals surface area contributed by atoms with Crippen LogP contribution in [0, 0.1) is 0 Å². The maximum Gasteiger partial charge on any atom is 0.306 e. The minimum absolute atomic E-state index is 0.143. The number of ether oxygens (including phenoxy) is 1. The number of nitrogens with zero attached hydrogens (tertiary/aromatic N) is 4. The van der Waals surface area contributed by atoms with Crippen LogP contribution >= 0.6 is 11.6 Å². The average molecular weight is 301 g/mol. The fourth-order valence-corrected chi connectivity index (χ4v) is 2.44. The number of methoxy groups -OCH3 is 1. The molecule has 0 atom stereocenters. The Balaban J connectivity index is 1.74. The molecule has 7 heteroatoms. The largest absolute Gasteiger partial charge is 0.469 e. The second-order valence-electron chi connectivity index (χ2n) is 5.00. The van der Waals surface area contributed by atoms with E-state index in [9.17, 15) is 4.79 Å². The standard InChI is InChI=1S/C13H21ClN4O2/c1-16-11(14)9-15-12(16)10-18-7-5-17(6-8-18)4-3-13(19)20-2/h9H,3-8,10H2,1-2H3. The first-order valence-corrected chi connectivity index (χ1v) is 7.15. The number of hydrogen-bond acceptors (Lipinski definition) is 5.